The highest BCUT2D eigenvalue weighted by atomic mass is 16.5. The van der Waals surface area contributed by atoms with E-state index in [1.807, 2.05) is 0 Å². The molecule has 0 saturated heterocycles. The first-order valence-electron chi connectivity index (χ1n) is 5.92. The molecule has 0 amide bonds. The van der Waals surface area contributed by atoms with Crippen LogP contribution < -0.4 is 5.73 Å². The van der Waals surface area contributed by atoms with Gasteiger partial charge in [0.1, 0.15) is 0 Å². The zero-order valence-electron chi connectivity index (χ0n) is 10.2. The Bertz CT molecular complexity index is 194. The van der Waals surface area contributed by atoms with E-state index >= 15 is 0 Å². The molecule has 0 radical (unpaired) electrons. The predicted octanol–water partition coefficient (Wildman–Crippen LogP) is 1.54. The second-order valence-electron chi connectivity index (χ2n) is 5.76. The number of nitrogens with two attached hydrogens (primary N) is 1. The van der Waals surface area contributed by atoms with E-state index in [1.165, 1.54) is 6.42 Å². The molecule has 0 aromatic rings. The molecule has 1 rings (SSSR count). The second-order valence-corrected chi connectivity index (χ2v) is 5.76. The van der Waals surface area contributed by atoms with E-state index in [0.717, 1.165) is 12.8 Å². The first-order valence-corrected chi connectivity index (χ1v) is 5.92. The van der Waals surface area contributed by atoms with Gasteiger partial charge in [-0.15, -0.1) is 0 Å². The lowest BCUT2D eigenvalue weighted by Crippen LogP contribution is -2.35. The lowest BCUT2D eigenvalue weighted by Gasteiger charge is -2.39. The number of ether oxygens (including phenoxy) is 1. The van der Waals surface area contributed by atoms with Crippen molar-refractivity contribution in [1.29, 1.82) is 0 Å². The van der Waals surface area contributed by atoms with Gasteiger partial charge in [-0.1, -0.05) is 20.8 Å². The van der Waals surface area contributed by atoms with Gasteiger partial charge < -0.3 is 15.6 Å². The molecule has 0 aromatic heterocycles. The van der Waals surface area contributed by atoms with Crippen LogP contribution in [-0.2, 0) is 4.74 Å². The summed E-state index contributed by atoms with van der Waals surface area (Å²) >= 11 is 0. The van der Waals surface area contributed by atoms with Gasteiger partial charge >= 0.3 is 0 Å². The molecule has 3 nitrogen and oxygen atoms in total. The normalized spacial score (nSPS) is 32.6. The van der Waals surface area contributed by atoms with Crippen LogP contribution in [0.1, 0.15) is 40.0 Å². The smallest absolute Gasteiger partial charge is 0.0895 e. The van der Waals surface area contributed by atoms with Gasteiger partial charge in [-0.3, -0.25) is 0 Å². The van der Waals surface area contributed by atoms with Crippen LogP contribution >= 0.6 is 0 Å². The van der Waals surface area contributed by atoms with Crippen LogP contribution in [0.3, 0.4) is 0 Å². The summed E-state index contributed by atoms with van der Waals surface area (Å²) in [5, 5.41) is 9.33. The molecular weight excluding hydrogens is 190 g/mol. The molecule has 0 aliphatic heterocycles. The van der Waals surface area contributed by atoms with Gasteiger partial charge in [0, 0.05) is 6.54 Å². The molecule has 3 heteroatoms. The average Bonchev–Trinajstić information content (AvgIpc) is 2.11. The van der Waals surface area contributed by atoms with Crippen molar-refractivity contribution in [3.63, 3.8) is 0 Å². The summed E-state index contributed by atoms with van der Waals surface area (Å²) in [5.41, 5.74) is 5.71. The van der Waals surface area contributed by atoms with Crippen molar-refractivity contribution >= 4 is 0 Å². The predicted molar refractivity (Wildman–Crippen MR) is 61.6 cm³/mol. The van der Waals surface area contributed by atoms with Crippen LogP contribution in [0.4, 0.5) is 0 Å². The maximum absolute atomic E-state index is 9.33. The third-order valence-electron chi connectivity index (χ3n) is 3.14. The first-order chi connectivity index (χ1) is 6.93. The monoisotopic (exact) mass is 215 g/mol. The maximum Gasteiger partial charge on any atom is 0.0895 e. The molecule has 3 atom stereocenters. The standard InChI is InChI=1S/C12H25NO2/c1-9-4-11(6-12(2,3)5-9)15-8-10(14)7-13/h9-11,14H,4-8,13H2,1-3H3/t9-,10+,11-/m1/s1. The molecule has 0 unspecified atom stereocenters. The lowest BCUT2D eigenvalue weighted by molar-refractivity contribution is -0.0535. The zero-order valence-corrected chi connectivity index (χ0v) is 10.2. The van der Waals surface area contributed by atoms with Gasteiger partial charge in [0.05, 0.1) is 18.8 Å². The number of aliphatic hydroxyl groups excluding tert-OH is 1. The third-order valence-corrected chi connectivity index (χ3v) is 3.14. The summed E-state index contributed by atoms with van der Waals surface area (Å²) in [7, 11) is 0. The lowest BCUT2D eigenvalue weighted by atomic mass is 9.71. The van der Waals surface area contributed by atoms with E-state index in [-0.39, 0.29) is 6.54 Å². The molecule has 3 N–H and O–H groups in total. The van der Waals surface area contributed by atoms with Gasteiger partial charge in [-0.05, 0) is 30.6 Å². The van der Waals surface area contributed by atoms with Crippen LogP contribution in [-0.4, -0.2) is 30.5 Å². The first kappa shape index (κ1) is 12.9. The summed E-state index contributed by atoms with van der Waals surface area (Å²) < 4.78 is 5.71. The Kier molecular flexibility index (Phi) is 4.56. The summed E-state index contributed by atoms with van der Waals surface area (Å²) in [6.07, 6.45) is 3.26. The van der Waals surface area contributed by atoms with Crippen molar-refractivity contribution in [1.82, 2.24) is 0 Å². The Hall–Kier alpha value is -0.120. The van der Waals surface area contributed by atoms with E-state index in [1.54, 1.807) is 0 Å². The van der Waals surface area contributed by atoms with Crippen LogP contribution in [0.15, 0.2) is 0 Å². The van der Waals surface area contributed by atoms with Gasteiger partial charge in [-0.2, -0.15) is 0 Å². The molecule has 0 aromatic carbocycles. The fraction of sp³-hybridized carbons (Fsp3) is 1.00. The van der Waals surface area contributed by atoms with Crippen LogP contribution in [0.5, 0.6) is 0 Å². The zero-order chi connectivity index (χ0) is 11.5. The average molecular weight is 215 g/mol. The minimum absolute atomic E-state index is 0.283. The topological polar surface area (TPSA) is 55.5 Å². The molecular formula is C12H25NO2. The van der Waals surface area contributed by atoms with Crippen molar-refractivity contribution in [2.45, 2.75) is 52.2 Å². The molecule has 0 heterocycles. The SMILES string of the molecule is C[C@@H]1C[C@@H](OC[C@@H](O)CN)CC(C)(C)C1. The van der Waals surface area contributed by atoms with E-state index in [2.05, 4.69) is 20.8 Å². The van der Waals surface area contributed by atoms with E-state index in [4.69, 9.17) is 10.5 Å². The van der Waals surface area contributed by atoms with Crippen molar-refractivity contribution in [2.24, 2.45) is 17.1 Å². The molecule has 90 valence electrons. The summed E-state index contributed by atoms with van der Waals surface area (Å²) in [5.74, 6) is 0.716. The second kappa shape index (κ2) is 5.28. The largest absolute Gasteiger partial charge is 0.389 e. The minimum Gasteiger partial charge on any atom is -0.389 e. The Balaban J connectivity index is 2.35. The Morgan fingerprint density at radius 1 is 1.47 bits per heavy atom. The van der Waals surface area contributed by atoms with Gasteiger partial charge in [0.25, 0.3) is 0 Å². The number of hydrogen-bond acceptors (Lipinski definition) is 3. The highest BCUT2D eigenvalue weighted by molar-refractivity contribution is 4.83. The minimum atomic E-state index is -0.509. The molecule has 1 fully saturated rings. The highest BCUT2D eigenvalue weighted by Gasteiger charge is 2.32. The Morgan fingerprint density at radius 3 is 2.67 bits per heavy atom. The van der Waals surface area contributed by atoms with E-state index < -0.39 is 6.10 Å². The molecule has 15 heavy (non-hydrogen) atoms. The molecule has 1 aliphatic rings. The third kappa shape index (κ3) is 4.49. The summed E-state index contributed by atoms with van der Waals surface area (Å²) in [6, 6.07) is 0. The molecule has 0 spiro atoms. The van der Waals surface area contributed by atoms with Crippen molar-refractivity contribution in [3.8, 4) is 0 Å². The van der Waals surface area contributed by atoms with Gasteiger partial charge in [0.15, 0.2) is 0 Å². The van der Waals surface area contributed by atoms with Crippen molar-refractivity contribution in [2.75, 3.05) is 13.2 Å². The van der Waals surface area contributed by atoms with Gasteiger partial charge in [0.2, 0.25) is 0 Å². The Labute approximate surface area is 93.0 Å². The number of aliphatic hydroxyl groups is 1. The van der Waals surface area contributed by atoms with Crippen LogP contribution in [0, 0.1) is 11.3 Å². The highest BCUT2D eigenvalue weighted by Crippen LogP contribution is 2.39. The van der Waals surface area contributed by atoms with Crippen molar-refractivity contribution < 1.29 is 9.84 Å². The van der Waals surface area contributed by atoms with Crippen LogP contribution in [0.25, 0.3) is 0 Å². The van der Waals surface area contributed by atoms with E-state index in [0.29, 0.717) is 24.0 Å². The fourth-order valence-corrected chi connectivity index (χ4v) is 2.70. The maximum atomic E-state index is 9.33. The Morgan fingerprint density at radius 2 is 2.13 bits per heavy atom. The summed E-state index contributed by atoms with van der Waals surface area (Å²) in [4.78, 5) is 0. The summed E-state index contributed by atoms with van der Waals surface area (Å²) in [6.45, 7) is 7.52. The quantitative estimate of drug-likeness (QED) is 0.748. The molecule has 1 aliphatic carbocycles. The van der Waals surface area contributed by atoms with E-state index in [9.17, 15) is 5.11 Å². The van der Waals surface area contributed by atoms with Crippen LogP contribution in [0.2, 0.25) is 0 Å². The fourth-order valence-electron chi connectivity index (χ4n) is 2.70. The molecule has 0 bridgehead atoms. The van der Waals surface area contributed by atoms with Crippen molar-refractivity contribution in [3.05, 3.63) is 0 Å². The van der Waals surface area contributed by atoms with Gasteiger partial charge in [-0.25, -0.2) is 0 Å². The molecule has 1 saturated carbocycles. The number of rotatable bonds is 4. The number of hydrogen-bond donors (Lipinski definition) is 2.